The lowest BCUT2D eigenvalue weighted by molar-refractivity contribution is 1.25. The second kappa shape index (κ2) is 5.07. The third-order valence-corrected chi connectivity index (χ3v) is 3.42. The Kier molecular flexibility index (Phi) is 3.49. The predicted octanol–water partition coefficient (Wildman–Crippen LogP) is 3.35. The number of anilines is 3. The highest BCUT2D eigenvalue weighted by Gasteiger charge is 2.05. The fourth-order valence-electron chi connectivity index (χ4n) is 1.51. The van der Waals surface area contributed by atoms with Crippen LogP contribution >= 0.6 is 15.9 Å². The Labute approximate surface area is 114 Å². The van der Waals surface area contributed by atoms with Gasteiger partial charge in [0.2, 0.25) is 0 Å². The largest absolute Gasteiger partial charge is 0.396 e. The van der Waals surface area contributed by atoms with E-state index in [-0.39, 0.29) is 5.69 Å². The SMILES string of the molecule is Cc1c(Br)cccc1Nc1ccc(N)c(C#N)n1. The Morgan fingerprint density at radius 1 is 1.33 bits per heavy atom. The highest BCUT2D eigenvalue weighted by molar-refractivity contribution is 9.10. The van der Waals surface area contributed by atoms with Crippen molar-refractivity contribution < 1.29 is 0 Å². The number of nitrogens with two attached hydrogens (primary N) is 1. The second-order valence-electron chi connectivity index (χ2n) is 3.78. The van der Waals surface area contributed by atoms with Crippen LogP contribution in [0.5, 0.6) is 0 Å². The standard InChI is InChI=1S/C13H11BrN4/c1-8-9(14)3-2-4-11(8)17-13-6-5-10(16)12(7-15)18-13/h2-6H,16H2,1H3,(H,17,18). The van der Waals surface area contributed by atoms with Crippen LogP contribution in [0.15, 0.2) is 34.8 Å². The van der Waals surface area contributed by atoms with Gasteiger partial charge in [0, 0.05) is 10.2 Å². The summed E-state index contributed by atoms with van der Waals surface area (Å²) in [4.78, 5) is 4.14. The first kappa shape index (κ1) is 12.4. The van der Waals surface area contributed by atoms with Crippen LogP contribution in [0.25, 0.3) is 0 Å². The molecule has 0 saturated heterocycles. The zero-order chi connectivity index (χ0) is 13.1. The van der Waals surface area contributed by atoms with E-state index in [1.54, 1.807) is 12.1 Å². The Balaban J connectivity index is 2.35. The molecule has 0 radical (unpaired) electrons. The number of hydrogen-bond acceptors (Lipinski definition) is 4. The fraction of sp³-hybridized carbons (Fsp3) is 0.0769. The van der Waals surface area contributed by atoms with Crippen molar-refractivity contribution in [3.63, 3.8) is 0 Å². The fourth-order valence-corrected chi connectivity index (χ4v) is 1.88. The van der Waals surface area contributed by atoms with Gasteiger partial charge in [0.25, 0.3) is 0 Å². The monoisotopic (exact) mass is 302 g/mol. The molecule has 0 fully saturated rings. The smallest absolute Gasteiger partial charge is 0.165 e. The maximum absolute atomic E-state index is 8.88. The number of rotatable bonds is 2. The molecule has 0 atom stereocenters. The summed E-state index contributed by atoms with van der Waals surface area (Å²) in [5.74, 6) is 0.599. The van der Waals surface area contributed by atoms with Crippen LogP contribution in [-0.2, 0) is 0 Å². The molecule has 90 valence electrons. The Morgan fingerprint density at radius 2 is 2.11 bits per heavy atom. The van der Waals surface area contributed by atoms with Crippen molar-refractivity contribution in [3.05, 3.63) is 46.1 Å². The summed E-state index contributed by atoms with van der Waals surface area (Å²) in [5.41, 5.74) is 8.25. The van der Waals surface area contributed by atoms with E-state index < -0.39 is 0 Å². The van der Waals surface area contributed by atoms with E-state index >= 15 is 0 Å². The molecular formula is C13H11BrN4. The molecule has 5 heteroatoms. The first-order valence-electron chi connectivity index (χ1n) is 5.30. The van der Waals surface area contributed by atoms with Crippen molar-refractivity contribution in [3.8, 4) is 6.07 Å². The number of aromatic nitrogens is 1. The molecule has 0 aliphatic rings. The lowest BCUT2D eigenvalue weighted by Crippen LogP contribution is -2.00. The van der Waals surface area contributed by atoms with Gasteiger partial charge in [0.05, 0.1) is 5.69 Å². The zero-order valence-corrected chi connectivity index (χ0v) is 11.3. The molecular weight excluding hydrogens is 292 g/mol. The highest BCUT2D eigenvalue weighted by Crippen LogP contribution is 2.26. The molecule has 2 aromatic rings. The van der Waals surface area contributed by atoms with Crippen molar-refractivity contribution in [2.75, 3.05) is 11.1 Å². The lowest BCUT2D eigenvalue weighted by atomic mass is 10.2. The summed E-state index contributed by atoms with van der Waals surface area (Å²) in [6.45, 7) is 1.99. The number of nitrogens with one attached hydrogen (secondary N) is 1. The minimum absolute atomic E-state index is 0.229. The van der Waals surface area contributed by atoms with Gasteiger partial charge in [0.15, 0.2) is 5.69 Å². The van der Waals surface area contributed by atoms with Gasteiger partial charge in [-0.3, -0.25) is 0 Å². The molecule has 1 aromatic carbocycles. The molecule has 1 aromatic heterocycles. The summed E-state index contributed by atoms with van der Waals surface area (Å²) in [5, 5.41) is 12.0. The first-order valence-corrected chi connectivity index (χ1v) is 6.10. The van der Waals surface area contributed by atoms with Gasteiger partial charge in [-0.2, -0.15) is 5.26 Å². The van der Waals surface area contributed by atoms with Crippen LogP contribution in [0.2, 0.25) is 0 Å². The topological polar surface area (TPSA) is 74.7 Å². The van der Waals surface area contributed by atoms with E-state index in [1.807, 2.05) is 31.2 Å². The van der Waals surface area contributed by atoms with Crippen LogP contribution in [-0.4, -0.2) is 4.98 Å². The number of halogens is 1. The average Bonchev–Trinajstić information content (AvgIpc) is 2.37. The Hall–Kier alpha value is -2.06. The van der Waals surface area contributed by atoms with E-state index in [0.717, 1.165) is 15.7 Å². The maximum atomic E-state index is 8.88. The normalized spacial score (nSPS) is 9.83. The molecule has 18 heavy (non-hydrogen) atoms. The summed E-state index contributed by atoms with van der Waals surface area (Å²) in [6, 6.07) is 11.2. The van der Waals surface area contributed by atoms with Crippen LogP contribution in [0.3, 0.4) is 0 Å². The summed E-state index contributed by atoms with van der Waals surface area (Å²) in [6.07, 6.45) is 0. The van der Waals surface area contributed by atoms with Crippen LogP contribution in [0.4, 0.5) is 17.2 Å². The molecule has 1 heterocycles. The number of nitrogens with zero attached hydrogens (tertiary/aromatic N) is 2. The van der Waals surface area contributed by atoms with Gasteiger partial charge in [-0.25, -0.2) is 4.98 Å². The molecule has 0 saturated carbocycles. The Bertz CT molecular complexity index is 631. The van der Waals surface area contributed by atoms with Gasteiger partial charge >= 0.3 is 0 Å². The number of nitriles is 1. The maximum Gasteiger partial charge on any atom is 0.165 e. The third kappa shape index (κ3) is 2.44. The van der Waals surface area contributed by atoms with Crippen LogP contribution < -0.4 is 11.1 Å². The van der Waals surface area contributed by atoms with Crippen molar-refractivity contribution in [1.82, 2.24) is 4.98 Å². The molecule has 0 unspecified atom stereocenters. The van der Waals surface area contributed by atoms with E-state index in [9.17, 15) is 0 Å². The molecule has 0 aliphatic heterocycles. The minimum atomic E-state index is 0.229. The minimum Gasteiger partial charge on any atom is -0.396 e. The molecule has 3 N–H and O–H groups in total. The molecule has 0 bridgehead atoms. The van der Waals surface area contributed by atoms with E-state index in [2.05, 4.69) is 26.2 Å². The molecule has 2 rings (SSSR count). The van der Waals surface area contributed by atoms with Gasteiger partial charge in [-0.05, 0) is 36.8 Å². The van der Waals surface area contributed by atoms with Gasteiger partial charge < -0.3 is 11.1 Å². The van der Waals surface area contributed by atoms with Crippen molar-refractivity contribution in [2.45, 2.75) is 6.92 Å². The van der Waals surface area contributed by atoms with Gasteiger partial charge in [-0.1, -0.05) is 22.0 Å². The summed E-state index contributed by atoms with van der Waals surface area (Å²) < 4.78 is 1.02. The number of nitrogen functional groups attached to an aromatic ring is 1. The quantitative estimate of drug-likeness (QED) is 0.892. The van der Waals surface area contributed by atoms with Crippen molar-refractivity contribution in [2.24, 2.45) is 0 Å². The van der Waals surface area contributed by atoms with E-state index in [1.165, 1.54) is 0 Å². The van der Waals surface area contributed by atoms with Crippen molar-refractivity contribution in [1.29, 1.82) is 5.26 Å². The summed E-state index contributed by atoms with van der Waals surface area (Å²) in [7, 11) is 0. The molecule has 0 amide bonds. The Morgan fingerprint density at radius 3 is 2.83 bits per heavy atom. The lowest BCUT2D eigenvalue weighted by Gasteiger charge is -2.10. The average molecular weight is 303 g/mol. The number of pyridine rings is 1. The first-order chi connectivity index (χ1) is 8.61. The highest BCUT2D eigenvalue weighted by atomic mass is 79.9. The van der Waals surface area contributed by atoms with Gasteiger partial charge in [-0.15, -0.1) is 0 Å². The van der Waals surface area contributed by atoms with Crippen LogP contribution in [0, 0.1) is 18.3 Å². The predicted molar refractivity (Wildman–Crippen MR) is 75.5 cm³/mol. The van der Waals surface area contributed by atoms with Crippen LogP contribution in [0.1, 0.15) is 11.3 Å². The molecule has 0 spiro atoms. The molecule has 0 aliphatic carbocycles. The second-order valence-corrected chi connectivity index (χ2v) is 4.64. The van der Waals surface area contributed by atoms with E-state index in [4.69, 9.17) is 11.0 Å². The number of hydrogen-bond donors (Lipinski definition) is 2. The number of benzene rings is 1. The van der Waals surface area contributed by atoms with Crippen molar-refractivity contribution >= 4 is 33.1 Å². The summed E-state index contributed by atoms with van der Waals surface area (Å²) >= 11 is 3.47. The van der Waals surface area contributed by atoms with Gasteiger partial charge in [0.1, 0.15) is 11.9 Å². The molecule has 4 nitrogen and oxygen atoms in total. The zero-order valence-electron chi connectivity index (χ0n) is 9.74. The van der Waals surface area contributed by atoms with E-state index in [0.29, 0.717) is 11.5 Å². The third-order valence-electron chi connectivity index (χ3n) is 2.56.